The summed E-state index contributed by atoms with van der Waals surface area (Å²) in [5, 5.41) is 0.461. The number of hydrogen-bond acceptors (Lipinski definition) is 2. The van der Waals surface area contributed by atoms with E-state index in [0.29, 0.717) is 16.5 Å². The molecular formula is C10H14ClN2O2+. The summed E-state index contributed by atoms with van der Waals surface area (Å²) in [4.78, 5) is 11.2. The molecule has 0 aliphatic heterocycles. The standard InChI is InChI=1S/C10H13ClN2O2/c1-13(2,10(12)14)7-4-5-9(15-3)8(11)6-7/h4-6H,1-3H3,(H-,12,14)/p+1. The van der Waals surface area contributed by atoms with Gasteiger partial charge < -0.3 is 10.5 Å². The lowest BCUT2D eigenvalue weighted by molar-refractivity contribution is 0.227. The van der Waals surface area contributed by atoms with Crippen LogP contribution in [0.1, 0.15) is 0 Å². The number of halogens is 1. The van der Waals surface area contributed by atoms with Gasteiger partial charge in [0, 0.05) is 12.1 Å². The third-order valence-corrected chi connectivity index (χ3v) is 2.63. The summed E-state index contributed by atoms with van der Waals surface area (Å²) < 4.78 is 4.97. The van der Waals surface area contributed by atoms with Gasteiger partial charge in [0.15, 0.2) is 0 Å². The summed E-state index contributed by atoms with van der Waals surface area (Å²) in [7, 11) is 4.93. The number of quaternary nitrogens is 1. The van der Waals surface area contributed by atoms with Crippen molar-refractivity contribution < 1.29 is 9.53 Å². The highest BCUT2D eigenvalue weighted by Crippen LogP contribution is 2.30. The van der Waals surface area contributed by atoms with Crippen molar-refractivity contribution >= 4 is 23.3 Å². The van der Waals surface area contributed by atoms with Gasteiger partial charge in [-0.3, -0.25) is 0 Å². The van der Waals surface area contributed by atoms with E-state index in [1.807, 2.05) is 0 Å². The minimum Gasteiger partial charge on any atom is -0.495 e. The summed E-state index contributed by atoms with van der Waals surface area (Å²) in [6.07, 6.45) is 0. The fourth-order valence-corrected chi connectivity index (χ4v) is 1.38. The van der Waals surface area contributed by atoms with Crippen LogP contribution in [0, 0.1) is 0 Å². The molecule has 0 saturated heterocycles. The first-order valence-electron chi connectivity index (χ1n) is 4.37. The summed E-state index contributed by atoms with van der Waals surface area (Å²) in [6.45, 7) is 0. The Labute approximate surface area is 93.8 Å². The zero-order valence-corrected chi connectivity index (χ0v) is 9.71. The molecule has 82 valence electrons. The van der Waals surface area contributed by atoms with Crippen LogP contribution in [0.2, 0.25) is 5.02 Å². The smallest absolute Gasteiger partial charge is 0.418 e. The number of methoxy groups -OCH3 is 1. The minimum absolute atomic E-state index is 0.0519. The quantitative estimate of drug-likeness (QED) is 0.789. The number of carbonyl (C=O) groups is 1. The highest BCUT2D eigenvalue weighted by Gasteiger charge is 2.27. The van der Waals surface area contributed by atoms with E-state index in [9.17, 15) is 4.79 Å². The number of primary amides is 1. The molecule has 0 unspecified atom stereocenters. The average molecular weight is 230 g/mol. The van der Waals surface area contributed by atoms with Crippen molar-refractivity contribution in [2.75, 3.05) is 21.2 Å². The van der Waals surface area contributed by atoms with Gasteiger partial charge in [0.1, 0.15) is 11.4 Å². The second-order valence-corrected chi connectivity index (χ2v) is 4.02. The number of hydrogen-bond donors (Lipinski definition) is 1. The van der Waals surface area contributed by atoms with E-state index in [1.165, 1.54) is 7.11 Å². The van der Waals surface area contributed by atoms with E-state index in [4.69, 9.17) is 22.1 Å². The maximum absolute atomic E-state index is 11.2. The Morgan fingerprint density at radius 1 is 1.47 bits per heavy atom. The lowest BCUT2D eigenvalue weighted by Gasteiger charge is -2.23. The zero-order valence-electron chi connectivity index (χ0n) is 8.95. The number of nitrogens with zero attached hydrogens (tertiary/aromatic N) is 1. The van der Waals surface area contributed by atoms with Gasteiger partial charge >= 0.3 is 6.03 Å². The Bertz CT molecular complexity index is 391. The first kappa shape index (κ1) is 11.8. The minimum atomic E-state index is -0.448. The molecule has 0 spiro atoms. The van der Waals surface area contributed by atoms with Gasteiger partial charge in [-0.1, -0.05) is 11.6 Å². The van der Waals surface area contributed by atoms with E-state index >= 15 is 0 Å². The summed E-state index contributed by atoms with van der Waals surface area (Å²) in [6, 6.07) is 4.69. The molecule has 0 saturated carbocycles. The Balaban J connectivity index is 3.18. The highest BCUT2D eigenvalue weighted by atomic mass is 35.5. The molecule has 0 aliphatic rings. The van der Waals surface area contributed by atoms with Crippen molar-refractivity contribution in [2.45, 2.75) is 0 Å². The van der Waals surface area contributed by atoms with Crippen molar-refractivity contribution in [1.82, 2.24) is 4.48 Å². The molecule has 2 N–H and O–H groups in total. The Hall–Kier alpha value is -1.26. The van der Waals surface area contributed by atoms with Crippen molar-refractivity contribution in [2.24, 2.45) is 5.73 Å². The molecule has 0 aliphatic carbocycles. The number of benzene rings is 1. The van der Waals surface area contributed by atoms with E-state index in [2.05, 4.69) is 0 Å². The van der Waals surface area contributed by atoms with E-state index < -0.39 is 6.03 Å². The van der Waals surface area contributed by atoms with Gasteiger partial charge in [0.25, 0.3) is 0 Å². The van der Waals surface area contributed by atoms with Crippen LogP contribution in [0.4, 0.5) is 10.5 Å². The predicted molar refractivity (Wildman–Crippen MR) is 61.2 cm³/mol. The second-order valence-electron chi connectivity index (χ2n) is 3.61. The highest BCUT2D eigenvalue weighted by molar-refractivity contribution is 6.32. The van der Waals surface area contributed by atoms with Crippen LogP contribution in [-0.4, -0.2) is 27.2 Å². The van der Waals surface area contributed by atoms with Gasteiger partial charge in [-0.15, -0.1) is 0 Å². The van der Waals surface area contributed by atoms with Crippen LogP contribution >= 0.6 is 11.6 Å². The zero-order chi connectivity index (χ0) is 11.6. The molecule has 5 heteroatoms. The summed E-state index contributed by atoms with van der Waals surface area (Å²) in [5.41, 5.74) is 6.00. The first-order valence-corrected chi connectivity index (χ1v) is 4.75. The molecule has 4 nitrogen and oxygen atoms in total. The van der Waals surface area contributed by atoms with Crippen molar-refractivity contribution in [3.63, 3.8) is 0 Å². The number of nitrogens with two attached hydrogens (primary N) is 1. The molecule has 1 rings (SSSR count). The molecule has 0 aromatic heterocycles. The molecule has 0 atom stereocenters. The molecule has 0 bridgehead atoms. The third-order valence-electron chi connectivity index (χ3n) is 2.33. The molecule has 0 radical (unpaired) electrons. The monoisotopic (exact) mass is 229 g/mol. The van der Waals surface area contributed by atoms with Crippen molar-refractivity contribution in [3.8, 4) is 5.75 Å². The van der Waals surface area contributed by atoms with Gasteiger partial charge in [0.2, 0.25) is 0 Å². The molecule has 1 aromatic rings. The maximum atomic E-state index is 11.2. The molecule has 0 fully saturated rings. The molecule has 15 heavy (non-hydrogen) atoms. The maximum Gasteiger partial charge on any atom is 0.418 e. The van der Waals surface area contributed by atoms with Crippen LogP contribution in [-0.2, 0) is 0 Å². The first-order chi connectivity index (χ1) is 6.89. The predicted octanol–water partition coefficient (Wildman–Crippen LogP) is 1.99. The van der Waals surface area contributed by atoms with E-state index in [-0.39, 0.29) is 4.48 Å². The largest absolute Gasteiger partial charge is 0.495 e. The second kappa shape index (κ2) is 4.08. The van der Waals surface area contributed by atoms with Crippen LogP contribution < -0.4 is 15.0 Å². The molecule has 2 amide bonds. The molecular weight excluding hydrogens is 216 g/mol. The van der Waals surface area contributed by atoms with Crippen LogP contribution in [0.15, 0.2) is 18.2 Å². The SMILES string of the molecule is COc1ccc([N+](C)(C)C(N)=O)cc1Cl. The summed E-state index contributed by atoms with van der Waals surface area (Å²) >= 11 is 5.95. The Kier molecular flexibility index (Phi) is 3.21. The van der Waals surface area contributed by atoms with E-state index in [1.54, 1.807) is 32.3 Å². The molecule has 0 heterocycles. The van der Waals surface area contributed by atoms with Crippen molar-refractivity contribution in [1.29, 1.82) is 0 Å². The number of urea groups is 1. The normalized spacial score (nSPS) is 11.2. The number of carbonyl (C=O) groups excluding carboxylic acids is 1. The van der Waals surface area contributed by atoms with Crippen LogP contribution in [0.25, 0.3) is 0 Å². The van der Waals surface area contributed by atoms with Crippen molar-refractivity contribution in [3.05, 3.63) is 23.2 Å². The fourth-order valence-electron chi connectivity index (χ4n) is 1.13. The van der Waals surface area contributed by atoms with Gasteiger partial charge in [-0.05, 0) is 6.07 Å². The van der Waals surface area contributed by atoms with Gasteiger partial charge in [-0.25, -0.2) is 9.28 Å². The van der Waals surface area contributed by atoms with Crippen LogP contribution in [0.3, 0.4) is 0 Å². The summed E-state index contributed by atoms with van der Waals surface area (Å²) in [5.74, 6) is 0.574. The number of amides is 2. The van der Waals surface area contributed by atoms with Gasteiger partial charge in [-0.2, -0.15) is 0 Å². The number of ether oxygens (including phenoxy) is 1. The number of rotatable bonds is 2. The molecule has 1 aromatic carbocycles. The lowest BCUT2D eigenvalue weighted by Crippen LogP contribution is -2.50. The topological polar surface area (TPSA) is 52.3 Å². The lowest BCUT2D eigenvalue weighted by atomic mass is 10.2. The average Bonchev–Trinajstić information content (AvgIpc) is 2.17. The van der Waals surface area contributed by atoms with Gasteiger partial charge in [0.05, 0.1) is 26.2 Å². The fraction of sp³-hybridized carbons (Fsp3) is 0.300. The third kappa shape index (κ3) is 2.22. The van der Waals surface area contributed by atoms with E-state index in [0.717, 1.165) is 0 Å². The van der Waals surface area contributed by atoms with Crippen LogP contribution in [0.5, 0.6) is 5.75 Å². The Morgan fingerprint density at radius 2 is 2.07 bits per heavy atom. The Morgan fingerprint density at radius 3 is 2.47 bits per heavy atom.